The summed E-state index contributed by atoms with van der Waals surface area (Å²) < 4.78 is 5.63. The Bertz CT molecular complexity index is 837. The molecule has 0 radical (unpaired) electrons. The summed E-state index contributed by atoms with van der Waals surface area (Å²) in [6, 6.07) is 14.6. The average Bonchev–Trinajstić information content (AvgIpc) is 2.89. The van der Waals surface area contributed by atoms with Crippen LogP contribution in [-0.4, -0.2) is 18.4 Å². The van der Waals surface area contributed by atoms with Crippen LogP contribution in [0.3, 0.4) is 0 Å². The van der Waals surface area contributed by atoms with Gasteiger partial charge in [-0.3, -0.25) is 9.59 Å². The van der Waals surface area contributed by atoms with Crippen LogP contribution in [0.1, 0.15) is 11.1 Å². The van der Waals surface area contributed by atoms with Crippen molar-refractivity contribution in [1.29, 1.82) is 0 Å². The number of hydrogen-bond acceptors (Lipinski definition) is 3. The predicted molar refractivity (Wildman–Crippen MR) is 93.8 cm³/mol. The maximum Gasteiger partial charge on any atom is 0.266 e. The van der Waals surface area contributed by atoms with Crippen LogP contribution in [-0.2, 0) is 9.59 Å². The van der Waals surface area contributed by atoms with E-state index in [1.54, 1.807) is 12.1 Å². The predicted octanol–water partition coefficient (Wildman–Crippen LogP) is 3.52. The molecule has 0 atom stereocenters. The molecule has 24 heavy (non-hydrogen) atoms. The number of imide groups is 1. The number of rotatable bonds is 5. The van der Waals surface area contributed by atoms with E-state index in [0.717, 1.165) is 11.1 Å². The number of hydrogen-bond donors (Lipinski definition) is 0. The fraction of sp³-hybridized carbons (Fsp3) is 0.100. The molecule has 3 rings (SSSR count). The van der Waals surface area contributed by atoms with Crippen molar-refractivity contribution in [3.8, 4) is 5.75 Å². The fourth-order valence-corrected chi connectivity index (χ4v) is 2.69. The van der Waals surface area contributed by atoms with E-state index < -0.39 is 0 Å². The minimum Gasteiger partial charge on any atom is -0.487 e. The van der Waals surface area contributed by atoms with Gasteiger partial charge in [0.1, 0.15) is 12.4 Å². The molecule has 0 spiro atoms. The van der Waals surface area contributed by atoms with Gasteiger partial charge in [0.25, 0.3) is 11.8 Å². The van der Waals surface area contributed by atoms with Crippen LogP contribution in [0, 0.1) is 6.92 Å². The maximum atomic E-state index is 12.9. The molecule has 1 aliphatic rings. The first-order chi connectivity index (χ1) is 11.6. The molecule has 4 nitrogen and oxygen atoms in total. The summed E-state index contributed by atoms with van der Waals surface area (Å²) in [6.07, 6.45) is 2.99. The number of ether oxygens (including phenoxy) is 1. The van der Waals surface area contributed by atoms with Crippen molar-refractivity contribution in [2.75, 3.05) is 11.5 Å². The van der Waals surface area contributed by atoms with E-state index in [2.05, 4.69) is 6.58 Å². The number of nitrogens with zero attached hydrogens (tertiary/aromatic N) is 1. The molecule has 0 bridgehead atoms. The summed E-state index contributed by atoms with van der Waals surface area (Å²) in [4.78, 5) is 26.5. The van der Waals surface area contributed by atoms with E-state index in [9.17, 15) is 9.59 Å². The second kappa shape index (κ2) is 6.54. The third-order valence-electron chi connectivity index (χ3n) is 3.79. The number of amides is 2. The van der Waals surface area contributed by atoms with E-state index in [4.69, 9.17) is 4.74 Å². The lowest BCUT2D eigenvalue weighted by atomic mass is 10.1. The average molecular weight is 319 g/mol. The van der Waals surface area contributed by atoms with E-state index in [1.165, 1.54) is 11.0 Å². The lowest BCUT2D eigenvalue weighted by Gasteiger charge is -2.21. The minimum absolute atomic E-state index is 0.297. The van der Waals surface area contributed by atoms with Gasteiger partial charge in [0.05, 0.1) is 11.3 Å². The monoisotopic (exact) mass is 319 g/mol. The van der Waals surface area contributed by atoms with Crippen LogP contribution in [0.25, 0.3) is 5.57 Å². The zero-order valence-electron chi connectivity index (χ0n) is 13.4. The van der Waals surface area contributed by atoms with E-state index in [0.29, 0.717) is 23.6 Å². The molecule has 0 aliphatic carbocycles. The van der Waals surface area contributed by atoms with Crippen molar-refractivity contribution >= 4 is 23.1 Å². The molecule has 1 heterocycles. The number of para-hydroxylation sites is 1. The zero-order chi connectivity index (χ0) is 17.1. The molecule has 0 unspecified atom stereocenters. The largest absolute Gasteiger partial charge is 0.487 e. The third kappa shape index (κ3) is 2.74. The molecular formula is C20H17NO3. The highest BCUT2D eigenvalue weighted by Gasteiger charge is 2.35. The Balaban J connectivity index is 2.02. The van der Waals surface area contributed by atoms with Gasteiger partial charge in [0.15, 0.2) is 0 Å². The molecular weight excluding hydrogens is 302 g/mol. The van der Waals surface area contributed by atoms with Gasteiger partial charge in [-0.25, -0.2) is 4.90 Å². The molecule has 0 saturated carbocycles. The molecule has 1 aliphatic heterocycles. The van der Waals surface area contributed by atoms with Crippen molar-refractivity contribution in [2.24, 2.45) is 0 Å². The summed E-state index contributed by atoms with van der Waals surface area (Å²) in [7, 11) is 0. The topological polar surface area (TPSA) is 46.6 Å². The zero-order valence-corrected chi connectivity index (χ0v) is 13.4. The Labute approximate surface area is 140 Å². The minimum atomic E-state index is -0.364. The number of aryl methyl sites for hydroxylation is 1. The van der Waals surface area contributed by atoms with Crippen molar-refractivity contribution in [3.63, 3.8) is 0 Å². The lowest BCUT2D eigenvalue weighted by Crippen LogP contribution is -2.31. The van der Waals surface area contributed by atoms with Crippen molar-refractivity contribution in [3.05, 3.63) is 78.4 Å². The summed E-state index contributed by atoms with van der Waals surface area (Å²) in [5, 5.41) is 0. The lowest BCUT2D eigenvalue weighted by molar-refractivity contribution is -0.119. The molecule has 2 aromatic carbocycles. The summed E-state index contributed by atoms with van der Waals surface area (Å²) >= 11 is 0. The van der Waals surface area contributed by atoms with Crippen LogP contribution in [0.2, 0.25) is 0 Å². The highest BCUT2D eigenvalue weighted by Crippen LogP contribution is 2.37. The van der Waals surface area contributed by atoms with Crippen LogP contribution in [0.4, 0.5) is 5.69 Å². The molecule has 120 valence electrons. The molecule has 0 aromatic heterocycles. The van der Waals surface area contributed by atoms with Crippen molar-refractivity contribution in [1.82, 2.24) is 0 Å². The van der Waals surface area contributed by atoms with Crippen LogP contribution in [0.5, 0.6) is 5.75 Å². The van der Waals surface area contributed by atoms with Crippen LogP contribution in [0.15, 0.2) is 67.3 Å². The van der Waals surface area contributed by atoms with Crippen LogP contribution < -0.4 is 9.64 Å². The normalized spacial score (nSPS) is 13.9. The van der Waals surface area contributed by atoms with Gasteiger partial charge < -0.3 is 4.74 Å². The number of carbonyl (C=O) groups is 2. The third-order valence-corrected chi connectivity index (χ3v) is 3.79. The SMILES string of the molecule is C=CCOc1cccc(C)c1N1C(=O)C=C(c2ccccc2)C1=O. The first kappa shape index (κ1) is 15.7. The molecule has 0 N–H and O–H groups in total. The Hall–Kier alpha value is -3.14. The second-order valence-corrected chi connectivity index (χ2v) is 5.42. The fourth-order valence-electron chi connectivity index (χ4n) is 2.69. The summed E-state index contributed by atoms with van der Waals surface area (Å²) in [5.74, 6) is -0.222. The smallest absolute Gasteiger partial charge is 0.266 e. The molecule has 4 heteroatoms. The van der Waals surface area contributed by atoms with Gasteiger partial charge in [-0.1, -0.05) is 55.1 Å². The summed E-state index contributed by atoms with van der Waals surface area (Å²) in [5.41, 5.74) is 2.39. The number of anilines is 1. The van der Waals surface area contributed by atoms with Gasteiger partial charge in [-0.15, -0.1) is 0 Å². The Morgan fingerprint density at radius 2 is 1.83 bits per heavy atom. The van der Waals surface area contributed by atoms with E-state index in [1.807, 2.05) is 49.4 Å². The second-order valence-electron chi connectivity index (χ2n) is 5.42. The quantitative estimate of drug-likeness (QED) is 0.626. The molecule has 2 aromatic rings. The first-order valence-electron chi connectivity index (χ1n) is 7.62. The maximum absolute atomic E-state index is 12.9. The van der Waals surface area contributed by atoms with Gasteiger partial charge >= 0.3 is 0 Å². The Morgan fingerprint density at radius 3 is 2.54 bits per heavy atom. The van der Waals surface area contributed by atoms with E-state index in [-0.39, 0.29) is 11.8 Å². The van der Waals surface area contributed by atoms with Gasteiger partial charge in [0, 0.05) is 6.08 Å². The first-order valence-corrected chi connectivity index (χ1v) is 7.62. The number of carbonyl (C=O) groups excluding carboxylic acids is 2. The molecule has 2 amide bonds. The summed E-state index contributed by atoms with van der Waals surface area (Å²) in [6.45, 7) is 5.77. The van der Waals surface area contributed by atoms with E-state index >= 15 is 0 Å². The van der Waals surface area contributed by atoms with Gasteiger partial charge in [0.2, 0.25) is 0 Å². The standard InChI is InChI=1S/C20H17NO3/c1-3-12-24-17-11-7-8-14(2)19(17)21-18(22)13-16(20(21)23)15-9-5-4-6-10-15/h3-11,13H,1,12H2,2H3. The highest BCUT2D eigenvalue weighted by atomic mass is 16.5. The van der Waals surface area contributed by atoms with Crippen molar-refractivity contribution in [2.45, 2.75) is 6.92 Å². The number of benzene rings is 2. The van der Waals surface area contributed by atoms with Gasteiger partial charge in [-0.2, -0.15) is 0 Å². The Kier molecular flexibility index (Phi) is 4.29. The van der Waals surface area contributed by atoms with Crippen LogP contribution >= 0.6 is 0 Å². The molecule has 0 fully saturated rings. The highest BCUT2D eigenvalue weighted by molar-refractivity contribution is 6.44. The van der Waals surface area contributed by atoms with Crippen molar-refractivity contribution < 1.29 is 14.3 Å². The van der Waals surface area contributed by atoms with Gasteiger partial charge in [-0.05, 0) is 24.1 Å². The molecule has 0 saturated heterocycles. The Morgan fingerprint density at radius 1 is 1.08 bits per heavy atom.